The van der Waals surface area contributed by atoms with Crippen molar-refractivity contribution in [3.8, 4) is 11.1 Å². The second kappa shape index (κ2) is 7.37. The molecule has 2 aromatic carbocycles. The van der Waals surface area contributed by atoms with Gasteiger partial charge in [-0.2, -0.15) is 0 Å². The van der Waals surface area contributed by atoms with E-state index in [2.05, 4.69) is 25.1 Å². The quantitative estimate of drug-likeness (QED) is 0.791. The second-order valence-corrected chi connectivity index (χ2v) is 5.71. The number of ketones is 1. The fourth-order valence-electron chi connectivity index (χ4n) is 2.62. The van der Waals surface area contributed by atoms with E-state index in [1.165, 1.54) is 11.1 Å². The Morgan fingerprint density at radius 3 is 2.32 bits per heavy atom. The average Bonchev–Trinajstić information content (AvgIpc) is 2.59. The monoisotopic (exact) mass is 296 g/mol. The minimum absolute atomic E-state index is 0.130. The molecule has 0 amide bonds. The number of aliphatic hydroxyl groups is 1. The SMILES string of the molecule is CCC(=O)c1ccc(-c2cc(C(C)CO)ccc2CC)cc1. The molecule has 0 saturated heterocycles. The van der Waals surface area contributed by atoms with E-state index < -0.39 is 0 Å². The Morgan fingerprint density at radius 1 is 1.09 bits per heavy atom. The van der Waals surface area contributed by atoms with Crippen molar-refractivity contribution < 1.29 is 9.90 Å². The summed E-state index contributed by atoms with van der Waals surface area (Å²) in [4.78, 5) is 11.7. The molecule has 0 spiro atoms. The molecule has 1 N–H and O–H groups in total. The van der Waals surface area contributed by atoms with Gasteiger partial charge in [-0.05, 0) is 28.7 Å². The Kier molecular flexibility index (Phi) is 5.51. The molecule has 0 aromatic heterocycles. The van der Waals surface area contributed by atoms with Crippen molar-refractivity contribution in [2.75, 3.05) is 6.61 Å². The first-order chi connectivity index (χ1) is 10.6. The van der Waals surface area contributed by atoms with Gasteiger partial charge in [-0.3, -0.25) is 4.79 Å². The van der Waals surface area contributed by atoms with E-state index in [4.69, 9.17) is 0 Å². The zero-order valence-corrected chi connectivity index (χ0v) is 13.6. The molecule has 2 nitrogen and oxygen atoms in total. The molecule has 0 fully saturated rings. The van der Waals surface area contributed by atoms with Crippen molar-refractivity contribution in [2.45, 2.75) is 39.5 Å². The summed E-state index contributed by atoms with van der Waals surface area (Å²) in [7, 11) is 0. The first-order valence-corrected chi connectivity index (χ1v) is 7.98. The normalized spacial score (nSPS) is 12.2. The number of hydrogen-bond donors (Lipinski definition) is 1. The molecule has 116 valence electrons. The summed E-state index contributed by atoms with van der Waals surface area (Å²) in [6.45, 7) is 6.19. The van der Waals surface area contributed by atoms with Gasteiger partial charge < -0.3 is 5.11 Å². The number of hydrogen-bond acceptors (Lipinski definition) is 2. The van der Waals surface area contributed by atoms with Gasteiger partial charge in [0.1, 0.15) is 0 Å². The van der Waals surface area contributed by atoms with Gasteiger partial charge >= 0.3 is 0 Å². The third kappa shape index (κ3) is 3.45. The molecule has 0 aliphatic heterocycles. The molecule has 1 atom stereocenters. The molecule has 0 aliphatic carbocycles. The highest BCUT2D eigenvalue weighted by Gasteiger charge is 2.10. The summed E-state index contributed by atoms with van der Waals surface area (Å²) in [5, 5.41) is 9.36. The Bertz CT molecular complexity index is 641. The number of aryl methyl sites for hydroxylation is 1. The largest absolute Gasteiger partial charge is 0.396 e. The second-order valence-electron chi connectivity index (χ2n) is 5.71. The fraction of sp³-hybridized carbons (Fsp3) is 0.350. The van der Waals surface area contributed by atoms with Crippen LogP contribution in [0.25, 0.3) is 11.1 Å². The van der Waals surface area contributed by atoms with Crippen LogP contribution < -0.4 is 0 Å². The maximum atomic E-state index is 11.7. The first kappa shape index (κ1) is 16.4. The number of aliphatic hydroxyl groups excluding tert-OH is 1. The van der Waals surface area contributed by atoms with Gasteiger partial charge in [0, 0.05) is 24.5 Å². The molecule has 2 heteroatoms. The van der Waals surface area contributed by atoms with Crippen LogP contribution in [-0.4, -0.2) is 17.5 Å². The van der Waals surface area contributed by atoms with Gasteiger partial charge in [-0.25, -0.2) is 0 Å². The van der Waals surface area contributed by atoms with Gasteiger partial charge in [0.15, 0.2) is 5.78 Å². The Balaban J connectivity index is 2.43. The van der Waals surface area contributed by atoms with Crippen LogP contribution in [0.3, 0.4) is 0 Å². The number of carbonyl (C=O) groups excluding carboxylic acids is 1. The zero-order chi connectivity index (χ0) is 16.1. The Morgan fingerprint density at radius 2 is 1.77 bits per heavy atom. The molecule has 0 aliphatic rings. The number of Topliss-reactive ketones (excluding diaryl/α,β-unsaturated/α-hetero) is 1. The molecule has 0 bridgehead atoms. The van der Waals surface area contributed by atoms with Gasteiger partial charge in [0.25, 0.3) is 0 Å². The molecule has 0 heterocycles. The lowest BCUT2D eigenvalue weighted by Crippen LogP contribution is -2.01. The lowest BCUT2D eigenvalue weighted by atomic mass is 9.91. The third-order valence-corrected chi connectivity index (χ3v) is 4.20. The summed E-state index contributed by atoms with van der Waals surface area (Å²) < 4.78 is 0. The van der Waals surface area contributed by atoms with Gasteiger partial charge in [-0.1, -0.05) is 63.2 Å². The third-order valence-electron chi connectivity index (χ3n) is 4.20. The number of rotatable bonds is 6. The van der Waals surface area contributed by atoms with E-state index in [1.54, 1.807) is 0 Å². The lowest BCUT2D eigenvalue weighted by Gasteiger charge is -2.14. The van der Waals surface area contributed by atoms with Crippen molar-refractivity contribution in [2.24, 2.45) is 0 Å². The van der Waals surface area contributed by atoms with Crippen molar-refractivity contribution in [1.29, 1.82) is 0 Å². The molecule has 2 aromatic rings. The van der Waals surface area contributed by atoms with Gasteiger partial charge in [0.2, 0.25) is 0 Å². The van der Waals surface area contributed by atoms with E-state index >= 15 is 0 Å². The minimum atomic E-state index is 0.130. The summed E-state index contributed by atoms with van der Waals surface area (Å²) in [6.07, 6.45) is 1.49. The Labute approximate surface area is 132 Å². The topological polar surface area (TPSA) is 37.3 Å². The van der Waals surface area contributed by atoms with Crippen LogP contribution >= 0.6 is 0 Å². The molecule has 22 heavy (non-hydrogen) atoms. The van der Waals surface area contributed by atoms with Crippen molar-refractivity contribution in [3.05, 3.63) is 59.2 Å². The molecular weight excluding hydrogens is 272 g/mol. The van der Waals surface area contributed by atoms with E-state index in [0.29, 0.717) is 6.42 Å². The molecule has 0 radical (unpaired) electrons. The van der Waals surface area contributed by atoms with E-state index in [0.717, 1.165) is 23.1 Å². The maximum absolute atomic E-state index is 11.7. The van der Waals surface area contributed by atoms with Gasteiger partial charge in [-0.15, -0.1) is 0 Å². The standard InChI is InChI=1S/C20H24O2/c1-4-15-6-11-18(14(3)13-21)12-19(15)16-7-9-17(10-8-16)20(22)5-2/h6-12,14,21H,4-5,13H2,1-3H3. The van der Waals surface area contributed by atoms with E-state index in [-0.39, 0.29) is 18.3 Å². The molecule has 2 rings (SSSR count). The summed E-state index contributed by atoms with van der Waals surface area (Å²) >= 11 is 0. The van der Waals surface area contributed by atoms with Crippen LogP contribution in [-0.2, 0) is 6.42 Å². The van der Waals surface area contributed by atoms with Crippen LogP contribution in [0.2, 0.25) is 0 Å². The van der Waals surface area contributed by atoms with Crippen LogP contribution in [0.1, 0.15) is 54.6 Å². The highest BCUT2D eigenvalue weighted by atomic mass is 16.3. The lowest BCUT2D eigenvalue weighted by molar-refractivity contribution is 0.0988. The van der Waals surface area contributed by atoms with Crippen LogP contribution in [0.4, 0.5) is 0 Å². The average molecular weight is 296 g/mol. The highest BCUT2D eigenvalue weighted by molar-refractivity contribution is 5.96. The number of carbonyl (C=O) groups is 1. The molecular formula is C20H24O2. The van der Waals surface area contributed by atoms with E-state index in [9.17, 15) is 9.90 Å². The first-order valence-electron chi connectivity index (χ1n) is 7.98. The van der Waals surface area contributed by atoms with Crippen LogP contribution in [0.15, 0.2) is 42.5 Å². The van der Waals surface area contributed by atoms with Gasteiger partial charge in [0.05, 0.1) is 0 Å². The van der Waals surface area contributed by atoms with Crippen molar-refractivity contribution >= 4 is 5.78 Å². The van der Waals surface area contributed by atoms with Crippen molar-refractivity contribution in [3.63, 3.8) is 0 Å². The fourth-order valence-corrected chi connectivity index (χ4v) is 2.62. The predicted octanol–water partition coefficient (Wildman–Crippen LogP) is 4.60. The minimum Gasteiger partial charge on any atom is -0.396 e. The highest BCUT2D eigenvalue weighted by Crippen LogP contribution is 2.28. The van der Waals surface area contributed by atoms with Crippen LogP contribution in [0, 0.1) is 0 Å². The summed E-state index contributed by atoms with van der Waals surface area (Å²) in [6, 6.07) is 14.2. The Hall–Kier alpha value is -1.93. The van der Waals surface area contributed by atoms with Crippen LogP contribution in [0.5, 0.6) is 0 Å². The zero-order valence-electron chi connectivity index (χ0n) is 13.6. The summed E-state index contributed by atoms with van der Waals surface area (Å²) in [5.74, 6) is 0.301. The molecule has 0 saturated carbocycles. The predicted molar refractivity (Wildman–Crippen MR) is 91.4 cm³/mol. The van der Waals surface area contributed by atoms with Crippen molar-refractivity contribution in [1.82, 2.24) is 0 Å². The summed E-state index contributed by atoms with van der Waals surface area (Å²) in [5.41, 5.74) is 5.50. The maximum Gasteiger partial charge on any atom is 0.162 e. The van der Waals surface area contributed by atoms with E-state index in [1.807, 2.05) is 38.1 Å². The molecule has 1 unspecified atom stereocenters. The number of benzene rings is 2. The smallest absolute Gasteiger partial charge is 0.162 e.